The van der Waals surface area contributed by atoms with Gasteiger partial charge in [-0.25, -0.2) is 4.39 Å². The molecule has 0 aliphatic carbocycles. The van der Waals surface area contributed by atoms with Gasteiger partial charge in [0.2, 0.25) is 0 Å². The van der Waals surface area contributed by atoms with Crippen LogP contribution in [0.15, 0.2) is 18.2 Å². The van der Waals surface area contributed by atoms with Crippen molar-refractivity contribution < 1.29 is 9.13 Å². The van der Waals surface area contributed by atoms with E-state index in [1.165, 1.54) is 32.4 Å². The van der Waals surface area contributed by atoms with E-state index in [4.69, 9.17) is 4.74 Å². The molecule has 0 aliphatic heterocycles. The molecule has 1 aromatic carbocycles. The minimum absolute atomic E-state index is 0.295. The van der Waals surface area contributed by atoms with Crippen LogP contribution >= 0.6 is 0 Å². The summed E-state index contributed by atoms with van der Waals surface area (Å²) >= 11 is 0. The lowest BCUT2D eigenvalue weighted by Crippen LogP contribution is -2.15. The summed E-state index contributed by atoms with van der Waals surface area (Å²) in [6, 6.07) is 5.09. The van der Waals surface area contributed by atoms with Gasteiger partial charge in [0.05, 0.1) is 7.11 Å². The largest absolute Gasteiger partial charge is 0.494 e. The molecule has 0 heterocycles. The quantitative estimate of drug-likeness (QED) is 0.712. The lowest BCUT2D eigenvalue weighted by Gasteiger charge is -2.08. The molecule has 0 aromatic heterocycles. The first-order chi connectivity index (χ1) is 8.63. The van der Waals surface area contributed by atoms with Crippen molar-refractivity contribution in [2.24, 2.45) is 5.92 Å². The van der Waals surface area contributed by atoms with E-state index >= 15 is 0 Å². The van der Waals surface area contributed by atoms with Gasteiger partial charge >= 0.3 is 0 Å². The van der Waals surface area contributed by atoms with E-state index in [0.29, 0.717) is 12.3 Å². The first kappa shape index (κ1) is 15.0. The van der Waals surface area contributed by atoms with Crippen LogP contribution in [-0.2, 0) is 6.54 Å². The van der Waals surface area contributed by atoms with E-state index in [9.17, 15) is 4.39 Å². The molecule has 0 atom stereocenters. The molecule has 1 aromatic rings. The Balaban J connectivity index is 2.21. The summed E-state index contributed by atoms with van der Waals surface area (Å²) in [7, 11) is 1.48. The molecule has 0 bridgehead atoms. The number of rotatable bonds is 8. The third-order valence-corrected chi connectivity index (χ3v) is 2.93. The zero-order chi connectivity index (χ0) is 13.4. The molecule has 0 spiro atoms. The smallest absolute Gasteiger partial charge is 0.165 e. The summed E-state index contributed by atoms with van der Waals surface area (Å²) in [6.45, 7) is 6.18. The standard InChI is InChI=1S/C15H24FNO/c1-12(2)6-4-5-9-17-11-13-7-8-15(18-3)14(16)10-13/h7-8,10,12,17H,4-6,9,11H2,1-3H3. The maximum atomic E-state index is 13.4. The summed E-state index contributed by atoms with van der Waals surface area (Å²) in [4.78, 5) is 0. The summed E-state index contributed by atoms with van der Waals surface area (Å²) in [5, 5.41) is 3.33. The number of halogens is 1. The minimum atomic E-state index is -0.295. The summed E-state index contributed by atoms with van der Waals surface area (Å²) < 4.78 is 18.3. The summed E-state index contributed by atoms with van der Waals surface area (Å²) in [5.41, 5.74) is 0.956. The van der Waals surface area contributed by atoms with Gasteiger partial charge in [0.25, 0.3) is 0 Å². The highest BCUT2D eigenvalue weighted by molar-refractivity contribution is 5.29. The van der Waals surface area contributed by atoms with E-state index in [-0.39, 0.29) is 5.82 Å². The van der Waals surface area contributed by atoms with Gasteiger partial charge in [0.1, 0.15) is 0 Å². The number of hydrogen-bond donors (Lipinski definition) is 1. The van der Waals surface area contributed by atoms with Crippen molar-refractivity contribution in [3.8, 4) is 5.75 Å². The third-order valence-electron chi connectivity index (χ3n) is 2.93. The molecule has 3 heteroatoms. The summed E-state index contributed by atoms with van der Waals surface area (Å²) in [6.07, 6.45) is 3.71. The molecule has 18 heavy (non-hydrogen) atoms. The van der Waals surface area contributed by atoms with Crippen molar-refractivity contribution in [1.82, 2.24) is 5.32 Å². The summed E-state index contributed by atoms with van der Waals surface area (Å²) in [5.74, 6) is 0.785. The van der Waals surface area contributed by atoms with Crippen LogP contribution < -0.4 is 10.1 Å². The highest BCUT2D eigenvalue weighted by Gasteiger charge is 2.02. The number of ether oxygens (including phenoxy) is 1. The maximum absolute atomic E-state index is 13.4. The molecule has 0 radical (unpaired) electrons. The minimum Gasteiger partial charge on any atom is -0.494 e. The molecule has 102 valence electrons. The van der Waals surface area contributed by atoms with Crippen LogP contribution in [0, 0.1) is 11.7 Å². The molecule has 0 amide bonds. The zero-order valence-corrected chi connectivity index (χ0v) is 11.6. The molecule has 1 N–H and O–H groups in total. The van der Waals surface area contributed by atoms with Gasteiger partial charge in [-0.15, -0.1) is 0 Å². The Morgan fingerprint density at radius 1 is 1.28 bits per heavy atom. The van der Waals surface area contributed by atoms with E-state index in [2.05, 4.69) is 19.2 Å². The van der Waals surface area contributed by atoms with Crippen molar-refractivity contribution >= 4 is 0 Å². The Morgan fingerprint density at radius 3 is 2.67 bits per heavy atom. The van der Waals surface area contributed by atoms with Gasteiger partial charge in [-0.3, -0.25) is 0 Å². The Bertz CT molecular complexity index is 352. The fourth-order valence-corrected chi connectivity index (χ4v) is 1.86. The van der Waals surface area contributed by atoms with Crippen LogP contribution in [0.5, 0.6) is 5.75 Å². The monoisotopic (exact) mass is 253 g/mol. The van der Waals surface area contributed by atoms with Crippen molar-refractivity contribution in [3.63, 3.8) is 0 Å². The lowest BCUT2D eigenvalue weighted by atomic mass is 10.1. The Hall–Kier alpha value is -1.09. The van der Waals surface area contributed by atoms with Gasteiger partial charge in [-0.05, 0) is 36.6 Å². The Morgan fingerprint density at radius 2 is 2.06 bits per heavy atom. The second-order valence-corrected chi connectivity index (χ2v) is 5.04. The fourth-order valence-electron chi connectivity index (χ4n) is 1.86. The number of benzene rings is 1. The molecule has 0 saturated carbocycles. The van der Waals surface area contributed by atoms with Crippen molar-refractivity contribution in [2.75, 3.05) is 13.7 Å². The number of unbranched alkanes of at least 4 members (excludes halogenated alkanes) is 1. The molecule has 2 nitrogen and oxygen atoms in total. The van der Waals surface area contributed by atoms with Crippen LogP contribution in [0.25, 0.3) is 0 Å². The topological polar surface area (TPSA) is 21.3 Å². The third kappa shape index (κ3) is 5.50. The van der Waals surface area contributed by atoms with Gasteiger partial charge in [-0.2, -0.15) is 0 Å². The first-order valence-electron chi connectivity index (χ1n) is 6.66. The maximum Gasteiger partial charge on any atom is 0.165 e. The number of methoxy groups -OCH3 is 1. The average Bonchev–Trinajstić information content (AvgIpc) is 2.33. The Kier molecular flexibility index (Phi) is 6.73. The molecular formula is C15H24FNO. The zero-order valence-electron chi connectivity index (χ0n) is 11.6. The van der Waals surface area contributed by atoms with E-state index in [1.54, 1.807) is 6.07 Å². The average molecular weight is 253 g/mol. The molecule has 1 rings (SSSR count). The predicted molar refractivity (Wildman–Crippen MR) is 73.3 cm³/mol. The molecule has 0 saturated heterocycles. The molecule has 0 aliphatic rings. The van der Waals surface area contributed by atoms with Crippen molar-refractivity contribution in [3.05, 3.63) is 29.6 Å². The van der Waals surface area contributed by atoms with Gasteiger partial charge < -0.3 is 10.1 Å². The Labute approximate surface area is 110 Å². The molecule has 0 unspecified atom stereocenters. The fraction of sp³-hybridized carbons (Fsp3) is 0.600. The van der Waals surface area contributed by atoms with E-state index < -0.39 is 0 Å². The highest BCUT2D eigenvalue weighted by atomic mass is 19.1. The van der Waals surface area contributed by atoms with Crippen LogP contribution in [0.3, 0.4) is 0 Å². The van der Waals surface area contributed by atoms with Crippen molar-refractivity contribution in [2.45, 2.75) is 39.7 Å². The molecular weight excluding hydrogens is 229 g/mol. The molecule has 0 fully saturated rings. The van der Waals surface area contributed by atoms with Gasteiger partial charge in [0, 0.05) is 6.54 Å². The van der Waals surface area contributed by atoms with Crippen LogP contribution in [0.2, 0.25) is 0 Å². The van der Waals surface area contributed by atoms with Crippen LogP contribution in [0.1, 0.15) is 38.7 Å². The highest BCUT2D eigenvalue weighted by Crippen LogP contribution is 2.17. The van der Waals surface area contributed by atoms with E-state index in [0.717, 1.165) is 18.0 Å². The van der Waals surface area contributed by atoms with E-state index in [1.807, 2.05) is 6.07 Å². The number of nitrogens with one attached hydrogen (secondary N) is 1. The normalized spacial score (nSPS) is 10.9. The number of hydrogen-bond acceptors (Lipinski definition) is 2. The second-order valence-electron chi connectivity index (χ2n) is 5.04. The second kappa shape index (κ2) is 8.09. The lowest BCUT2D eigenvalue weighted by molar-refractivity contribution is 0.386. The van der Waals surface area contributed by atoms with Gasteiger partial charge in [0.15, 0.2) is 11.6 Å². The van der Waals surface area contributed by atoms with Crippen LogP contribution in [-0.4, -0.2) is 13.7 Å². The predicted octanol–water partition coefficient (Wildman–Crippen LogP) is 3.75. The van der Waals surface area contributed by atoms with Crippen molar-refractivity contribution in [1.29, 1.82) is 0 Å². The first-order valence-corrected chi connectivity index (χ1v) is 6.66. The van der Waals surface area contributed by atoms with Crippen LogP contribution in [0.4, 0.5) is 4.39 Å². The van der Waals surface area contributed by atoms with Gasteiger partial charge in [-0.1, -0.05) is 32.8 Å². The SMILES string of the molecule is COc1ccc(CNCCCCC(C)C)cc1F.